The summed E-state index contributed by atoms with van der Waals surface area (Å²) in [4.78, 5) is 25.1. The molecule has 23 heavy (non-hydrogen) atoms. The normalized spacial score (nSPS) is 11.6. The van der Waals surface area contributed by atoms with Gasteiger partial charge >= 0.3 is 12.2 Å². The number of rotatable bonds is 3. The lowest BCUT2D eigenvalue weighted by atomic mass is 10.3. The average molecular weight is 329 g/mol. The Bertz CT molecular complexity index is 763. The van der Waals surface area contributed by atoms with E-state index in [4.69, 9.17) is 0 Å². The largest absolute Gasteiger partial charge is 0.431 e. The van der Waals surface area contributed by atoms with E-state index in [1.54, 1.807) is 11.1 Å². The highest BCUT2D eigenvalue weighted by Crippen LogP contribution is 2.26. The van der Waals surface area contributed by atoms with Crippen molar-refractivity contribution in [3.8, 4) is 0 Å². The molecule has 0 aliphatic carbocycles. The summed E-state index contributed by atoms with van der Waals surface area (Å²) in [6.07, 6.45) is -3.18. The first-order valence-electron chi connectivity index (χ1n) is 6.60. The fourth-order valence-electron chi connectivity index (χ4n) is 1.83. The number of amides is 2. The zero-order chi connectivity index (χ0) is 17.2. The van der Waals surface area contributed by atoms with Crippen LogP contribution < -0.4 is 16.2 Å². The maximum absolute atomic E-state index is 12.5. The number of alkyl halides is 3. The number of pyridine rings is 1. The van der Waals surface area contributed by atoms with Gasteiger partial charge in [0, 0.05) is 12.1 Å². The van der Waals surface area contributed by atoms with Gasteiger partial charge in [0.05, 0.1) is 6.20 Å². The van der Waals surface area contributed by atoms with E-state index in [1.807, 2.05) is 13.8 Å². The van der Waals surface area contributed by atoms with Crippen molar-refractivity contribution in [1.29, 1.82) is 0 Å². The molecule has 2 heterocycles. The number of aromatic nitrogens is 3. The van der Waals surface area contributed by atoms with Gasteiger partial charge in [0.2, 0.25) is 0 Å². The third-order valence-corrected chi connectivity index (χ3v) is 2.86. The van der Waals surface area contributed by atoms with Crippen molar-refractivity contribution in [3.63, 3.8) is 0 Å². The van der Waals surface area contributed by atoms with E-state index >= 15 is 0 Å². The second-order valence-corrected chi connectivity index (χ2v) is 4.95. The monoisotopic (exact) mass is 329 g/mol. The Labute approximate surface area is 128 Å². The molecule has 0 spiro atoms. The molecule has 2 aromatic rings. The molecular formula is C13H14F3N5O2. The summed E-state index contributed by atoms with van der Waals surface area (Å²) in [5.74, 6) is 0.390. The molecule has 3 N–H and O–H groups in total. The molecule has 0 radical (unpaired) electrons. The van der Waals surface area contributed by atoms with Gasteiger partial charge in [-0.25, -0.2) is 9.48 Å². The Morgan fingerprint density at radius 2 is 1.96 bits per heavy atom. The van der Waals surface area contributed by atoms with Gasteiger partial charge in [-0.15, -0.1) is 0 Å². The Morgan fingerprint density at radius 1 is 1.26 bits per heavy atom. The predicted octanol–water partition coefficient (Wildman–Crippen LogP) is 2.82. The summed E-state index contributed by atoms with van der Waals surface area (Å²) in [6.45, 7) is 3.72. The van der Waals surface area contributed by atoms with Crippen LogP contribution in [-0.4, -0.2) is 20.8 Å². The number of urea groups is 1. The van der Waals surface area contributed by atoms with Crippen LogP contribution >= 0.6 is 0 Å². The Hall–Kier alpha value is -2.78. The van der Waals surface area contributed by atoms with Crippen LogP contribution in [0, 0.1) is 0 Å². The SMILES string of the molecule is CC(C)n1nccc1NC(=O)Nc1ccc(C(F)(F)F)[nH]c1=O. The number of hydrogen-bond acceptors (Lipinski definition) is 3. The smallest absolute Gasteiger partial charge is 0.317 e. The molecule has 0 saturated heterocycles. The fourth-order valence-corrected chi connectivity index (χ4v) is 1.83. The Morgan fingerprint density at radius 3 is 2.52 bits per heavy atom. The van der Waals surface area contributed by atoms with E-state index in [1.165, 1.54) is 10.9 Å². The van der Waals surface area contributed by atoms with E-state index < -0.39 is 23.5 Å². The molecule has 2 amide bonds. The molecule has 0 aromatic carbocycles. The van der Waals surface area contributed by atoms with Crippen molar-refractivity contribution in [2.45, 2.75) is 26.1 Å². The highest BCUT2D eigenvalue weighted by molar-refractivity contribution is 5.99. The van der Waals surface area contributed by atoms with Crippen LogP contribution in [0.15, 0.2) is 29.2 Å². The van der Waals surface area contributed by atoms with Gasteiger partial charge in [-0.1, -0.05) is 0 Å². The zero-order valence-electron chi connectivity index (χ0n) is 12.2. The van der Waals surface area contributed by atoms with E-state index in [2.05, 4.69) is 15.7 Å². The van der Waals surface area contributed by atoms with Gasteiger partial charge in [-0.3, -0.25) is 10.1 Å². The number of carbonyl (C=O) groups excluding carboxylic acids is 1. The first-order valence-corrected chi connectivity index (χ1v) is 6.60. The minimum absolute atomic E-state index is 0.00484. The average Bonchev–Trinajstić information content (AvgIpc) is 2.88. The van der Waals surface area contributed by atoms with Crippen LogP contribution in [0.4, 0.5) is 29.5 Å². The number of aromatic amines is 1. The van der Waals surface area contributed by atoms with Crippen LogP contribution in [0.3, 0.4) is 0 Å². The quantitative estimate of drug-likeness (QED) is 0.808. The highest BCUT2D eigenvalue weighted by atomic mass is 19.4. The van der Waals surface area contributed by atoms with E-state index in [-0.39, 0.29) is 11.7 Å². The third-order valence-electron chi connectivity index (χ3n) is 2.86. The molecule has 10 heteroatoms. The topological polar surface area (TPSA) is 91.8 Å². The maximum Gasteiger partial charge on any atom is 0.431 e. The van der Waals surface area contributed by atoms with Gasteiger partial charge in [0.1, 0.15) is 17.2 Å². The van der Waals surface area contributed by atoms with E-state index in [9.17, 15) is 22.8 Å². The summed E-state index contributed by atoms with van der Waals surface area (Å²) in [5, 5.41) is 8.67. The molecule has 0 unspecified atom stereocenters. The van der Waals surface area contributed by atoms with Crippen LogP contribution in [0.1, 0.15) is 25.6 Å². The number of anilines is 2. The molecule has 2 aromatic heterocycles. The van der Waals surface area contributed by atoms with Crippen molar-refractivity contribution >= 4 is 17.5 Å². The molecule has 0 aliphatic heterocycles. The van der Waals surface area contributed by atoms with Gasteiger partial charge in [-0.05, 0) is 26.0 Å². The molecule has 0 saturated carbocycles. The lowest BCUT2D eigenvalue weighted by Crippen LogP contribution is -2.27. The lowest BCUT2D eigenvalue weighted by Gasteiger charge is -2.12. The van der Waals surface area contributed by atoms with Crippen LogP contribution in [-0.2, 0) is 6.18 Å². The Balaban J connectivity index is 2.12. The van der Waals surface area contributed by atoms with Crippen molar-refractivity contribution in [3.05, 3.63) is 40.4 Å². The van der Waals surface area contributed by atoms with Gasteiger partial charge < -0.3 is 10.3 Å². The lowest BCUT2D eigenvalue weighted by molar-refractivity contribution is -0.141. The minimum Gasteiger partial charge on any atom is -0.317 e. The second kappa shape index (κ2) is 6.15. The van der Waals surface area contributed by atoms with E-state index in [0.29, 0.717) is 11.9 Å². The van der Waals surface area contributed by atoms with Crippen molar-refractivity contribution in [2.24, 2.45) is 0 Å². The minimum atomic E-state index is -4.66. The fraction of sp³-hybridized carbons (Fsp3) is 0.308. The van der Waals surface area contributed by atoms with Crippen molar-refractivity contribution < 1.29 is 18.0 Å². The molecule has 0 atom stereocenters. The van der Waals surface area contributed by atoms with Crippen LogP contribution in [0.25, 0.3) is 0 Å². The molecule has 0 fully saturated rings. The number of nitrogens with one attached hydrogen (secondary N) is 3. The maximum atomic E-state index is 12.5. The summed E-state index contributed by atoms with van der Waals surface area (Å²) in [7, 11) is 0. The number of carbonyl (C=O) groups is 1. The van der Waals surface area contributed by atoms with Gasteiger partial charge in [0.25, 0.3) is 5.56 Å². The van der Waals surface area contributed by atoms with Crippen LogP contribution in [0.5, 0.6) is 0 Å². The second-order valence-electron chi connectivity index (χ2n) is 4.95. The molecule has 124 valence electrons. The highest BCUT2D eigenvalue weighted by Gasteiger charge is 2.32. The summed E-state index contributed by atoms with van der Waals surface area (Å²) < 4.78 is 38.9. The first kappa shape index (κ1) is 16.6. The molecule has 0 bridgehead atoms. The Kier molecular flexibility index (Phi) is 4.43. The van der Waals surface area contributed by atoms with Crippen molar-refractivity contribution in [2.75, 3.05) is 10.6 Å². The standard InChI is InChI=1S/C13H14F3N5O2/c1-7(2)21-10(5-6-17-21)20-12(23)18-8-3-4-9(13(14,15)16)19-11(8)22/h3-7H,1-2H3,(H,19,22)(H2,18,20,23). The predicted molar refractivity (Wildman–Crippen MR) is 77.3 cm³/mol. The van der Waals surface area contributed by atoms with Crippen LogP contribution in [0.2, 0.25) is 0 Å². The number of nitrogens with zero attached hydrogens (tertiary/aromatic N) is 2. The summed E-state index contributed by atoms with van der Waals surface area (Å²) in [5.41, 5.74) is -2.54. The van der Waals surface area contributed by atoms with Gasteiger partial charge in [-0.2, -0.15) is 18.3 Å². The number of hydrogen-bond donors (Lipinski definition) is 3. The summed E-state index contributed by atoms with van der Waals surface area (Å²) >= 11 is 0. The third kappa shape index (κ3) is 3.90. The van der Waals surface area contributed by atoms with Gasteiger partial charge in [0.15, 0.2) is 0 Å². The van der Waals surface area contributed by atoms with E-state index in [0.717, 1.165) is 6.07 Å². The molecule has 0 aliphatic rings. The molecule has 7 nitrogen and oxygen atoms in total. The number of halogens is 3. The first-order chi connectivity index (χ1) is 10.7. The van der Waals surface area contributed by atoms with Crippen molar-refractivity contribution in [1.82, 2.24) is 14.8 Å². The summed E-state index contributed by atoms with van der Waals surface area (Å²) in [6, 6.07) is 2.35. The zero-order valence-corrected chi connectivity index (χ0v) is 12.2. The number of H-pyrrole nitrogens is 1. The molecule has 2 rings (SSSR count). The molecular weight excluding hydrogens is 315 g/mol.